The van der Waals surface area contributed by atoms with Gasteiger partial charge in [-0.15, -0.1) is 0 Å². The van der Waals surface area contributed by atoms with Crippen molar-refractivity contribution in [1.82, 2.24) is 0 Å². The summed E-state index contributed by atoms with van der Waals surface area (Å²) in [5.41, 5.74) is -2.60. The molecule has 7 nitrogen and oxygen atoms in total. The molecule has 7 heteroatoms. The average molecular weight is 587 g/mol. The molecule has 0 unspecified atom stereocenters. The Hall–Kier alpha value is -1.54. The Morgan fingerprint density at radius 2 is 1.67 bits per heavy atom. The van der Waals surface area contributed by atoms with E-state index >= 15 is 0 Å². The number of unbranched alkanes of at least 4 members (excludes halogenated alkanes) is 8. The molecular weight excluding hydrogens is 532 g/mol. The van der Waals surface area contributed by atoms with Crippen LogP contribution >= 0.6 is 0 Å². The maximum Gasteiger partial charge on any atom is 0.306 e. The van der Waals surface area contributed by atoms with E-state index < -0.39 is 52.6 Å². The van der Waals surface area contributed by atoms with Gasteiger partial charge in [-0.05, 0) is 50.7 Å². The van der Waals surface area contributed by atoms with Gasteiger partial charge < -0.3 is 24.4 Å². The number of ether oxygens (including phenoxy) is 3. The summed E-state index contributed by atoms with van der Waals surface area (Å²) in [6.45, 7) is 13.6. The monoisotopic (exact) mass is 586 g/mol. The smallest absolute Gasteiger partial charge is 0.306 e. The van der Waals surface area contributed by atoms with Crippen molar-refractivity contribution >= 4 is 11.8 Å². The highest BCUT2D eigenvalue weighted by atomic mass is 16.8. The zero-order valence-corrected chi connectivity index (χ0v) is 27.0. The number of aliphatic hydroxyl groups excluding tert-OH is 2. The molecule has 2 N–H and O–H groups in total. The van der Waals surface area contributed by atoms with Crippen molar-refractivity contribution in [3.8, 4) is 0 Å². The molecule has 0 amide bonds. The molecule has 0 aromatic carbocycles. The van der Waals surface area contributed by atoms with Crippen molar-refractivity contribution in [3.63, 3.8) is 0 Å². The number of hydrogen-bond donors (Lipinski definition) is 2. The minimum atomic E-state index is -1.40. The van der Waals surface area contributed by atoms with Gasteiger partial charge >= 0.3 is 5.97 Å². The molecule has 4 aliphatic carbocycles. The second-order valence-electron chi connectivity index (χ2n) is 15.0. The number of rotatable bonds is 12. The van der Waals surface area contributed by atoms with Gasteiger partial charge in [-0.2, -0.15) is 0 Å². The first-order valence-electron chi connectivity index (χ1n) is 16.6. The third-order valence-corrected chi connectivity index (χ3v) is 11.6. The fraction of sp³-hybridized carbons (Fsp3) is 0.829. The highest BCUT2D eigenvalue weighted by molar-refractivity contribution is 5.96. The van der Waals surface area contributed by atoms with Gasteiger partial charge in [-0.1, -0.05) is 91.2 Å². The lowest BCUT2D eigenvalue weighted by molar-refractivity contribution is -0.216. The Kier molecular flexibility index (Phi) is 8.44. The van der Waals surface area contributed by atoms with E-state index in [1.807, 2.05) is 19.9 Å². The van der Waals surface area contributed by atoms with Crippen molar-refractivity contribution in [2.45, 2.75) is 148 Å². The minimum Gasteiger partial charge on any atom is -0.458 e. The van der Waals surface area contributed by atoms with Crippen LogP contribution in [-0.2, 0) is 23.8 Å². The number of carbonyl (C=O) groups is 2. The summed E-state index contributed by atoms with van der Waals surface area (Å²) in [7, 11) is 0. The number of hydrogen-bond acceptors (Lipinski definition) is 7. The van der Waals surface area contributed by atoms with Gasteiger partial charge in [0.2, 0.25) is 0 Å². The third kappa shape index (κ3) is 4.50. The van der Waals surface area contributed by atoms with Gasteiger partial charge in [0.15, 0.2) is 11.6 Å². The van der Waals surface area contributed by atoms with Crippen LogP contribution in [0.15, 0.2) is 23.3 Å². The van der Waals surface area contributed by atoms with Gasteiger partial charge in [0.1, 0.15) is 23.4 Å². The van der Waals surface area contributed by atoms with Crippen LogP contribution in [0.5, 0.6) is 0 Å². The van der Waals surface area contributed by atoms with E-state index in [0.717, 1.165) is 24.8 Å². The fourth-order valence-electron chi connectivity index (χ4n) is 9.60. The summed E-state index contributed by atoms with van der Waals surface area (Å²) >= 11 is 0. The molecule has 8 atom stereocenters. The highest BCUT2D eigenvalue weighted by Crippen LogP contribution is 2.76. The minimum absolute atomic E-state index is 0.0342. The van der Waals surface area contributed by atoms with Gasteiger partial charge in [0.05, 0.1) is 12.0 Å². The quantitative estimate of drug-likeness (QED) is 0.159. The van der Waals surface area contributed by atoms with E-state index in [0.29, 0.717) is 18.4 Å². The molecule has 3 fully saturated rings. The normalized spacial score (nSPS) is 40.7. The fourth-order valence-corrected chi connectivity index (χ4v) is 9.60. The number of carbonyl (C=O) groups excluding carboxylic acids is 2. The van der Waals surface area contributed by atoms with Crippen LogP contribution in [-0.4, -0.2) is 57.8 Å². The zero-order valence-electron chi connectivity index (χ0n) is 27.0. The molecule has 42 heavy (non-hydrogen) atoms. The van der Waals surface area contributed by atoms with Gasteiger partial charge in [0, 0.05) is 23.7 Å². The summed E-state index contributed by atoms with van der Waals surface area (Å²) in [6, 6.07) is 0. The first-order chi connectivity index (χ1) is 19.8. The summed E-state index contributed by atoms with van der Waals surface area (Å²) in [5, 5.41) is 22.4. The van der Waals surface area contributed by atoms with Crippen LogP contribution in [0, 0.1) is 28.6 Å². The lowest BCUT2D eigenvalue weighted by Crippen LogP contribution is -2.64. The van der Waals surface area contributed by atoms with E-state index in [9.17, 15) is 19.8 Å². The Morgan fingerprint density at radius 1 is 1.05 bits per heavy atom. The molecule has 1 heterocycles. The van der Waals surface area contributed by atoms with E-state index in [1.54, 1.807) is 19.9 Å². The van der Waals surface area contributed by atoms with Crippen molar-refractivity contribution in [2.24, 2.45) is 28.6 Å². The summed E-state index contributed by atoms with van der Waals surface area (Å²) in [4.78, 5) is 28.3. The molecule has 0 aromatic heterocycles. The maximum absolute atomic E-state index is 14.9. The number of fused-ring (bicyclic) bond motifs is 3. The SMILES string of the molecule is CCCCCCCCCCCC(=O)O[C@@]12C[C@@H](C)[C@]34C=C(C)[C@@H]5OC(C)(C)O[C@@]53[C@H](O)C(CO)=C[C@H](C4=O)[C@@H]1C2(C)C. The predicted molar refractivity (Wildman–Crippen MR) is 160 cm³/mol. The second-order valence-corrected chi connectivity index (χ2v) is 15.0. The Balaban J connectivity index is 1.39. The number of ketones is 1. The molecule has 2 spiro atoms. The second kappa shape index (κ2) is 11.1. The molecule has 236 valence electrons. The topological polar surface area (TPSA) is 102 Å². The Morgan fingerprint density at radius 3 is 2.29 bits per heavy atom. The summed E-state index contributed by atoms with van der Waals surface area (Å²) < 4.78 is 19.5. The Bertz CT molecular complexity index is 1140. The Labute approximate surface area is 252 Å². The van der Waals surface area contributed by atoms with Crippen LogP contribution in [0.25, 0.3) is 0 Å². The first kappa shape index (κ1) is 31.9. The predicted octanol–water partition coefficient (Wildman–Crippen LogP) is 6.20. The maximum atomic E-state index is 14.9. The number of Topliss-reactive ketones (excluding diaryl/α,β-unsaturated/α-hetero) is 1. The van der Waals surface area contributed by atoms with E-state index in [1.165, 1.54) is 38.5 Å². The molecule has 0 radical (unpaired) electrons. The summed E-state index contributed by atoms with van der Waals surface area (Å²) in [5.74, 6) is -2.44. The van der Waals surface area contributed by atoms with Crippen LogP contribution < -0.4 is 0 Å². The lowest BCUT2D eigenvalue weighted by Gasteiger charge is -2.49. The highest BCUT2D eigenvalue weighted by Gasteiger charge is 2.85. The van der Waals surface area contributed by atoms with E-state index in [-0.39, 0.29) is 23.6 Å². The first-order valence-corrected chi connectivity index (χ1v) is 16.6. The number of allylic oxidation sites excluding steroid dienone is 1. The number of esters is 1. The third-order valence-electron chi connectivity index (χ3n) is 11.6. The molecule has 2 saturated carbocycles. The lowest BCUT2D eigenvalue weighted by atomic mass is 9.58. The molecule has 1 aliphatic heterocycles. The van der Waals surface area contributed by atoms with Crippen LogP contribution in [0.2, 0.25) is 0 Å². The van der Waals surface area contributed by atoms with E-state index in [2.05, 4.69) is 20.8 Å². The van der Waals surface area contributed by atoms with Crippen LogP contribution in [0.4, 0.5) is 0 Å². The van der Waals surface area contributed by atoms with Crippen LogP contribution in [0.1, 0.15) is 119 Å². The van der Waals surface area contributed by atoms with Gasteiger partial charge in [-0.3, -0.25) is 9.59 Å². The molecule has 1 saturated heterocycles. The molecule has 5 rings (SSSR count). The van der Waals surface area contributed by atoms with Crippen molar-refractivity contribution < 1.29 is 34.0 Å². The largest absolute Gasteiger partial charge is 0.458 e. The van der Waals surface area contributed by atoms with Gasteiger partial charge in [-0.25, -0.2) is 0 Å². The van der Waals surface area contributed by atoms with Crippen molar-refractivity contribution in [1.29, 1.82) is 0 Å². The standard InChI is InChI=1S/C35H54O7/c1-8-9-10-11-12-13-14-15-16-17-26(37)40-34-20-23(3)33-19-22(2)30-35(33,42-32(6,7)41-30)28(38)24(21-36)18-25(29(33)39)27(34)31(34,4)5/h18-19,23,25,27-28,30,36,38H,8-17,20-21H2,1-7H3/t23-,25+,27-,28-,30+,33+,34+,35+/m1/s1. The summed E-state index contributed by atoms with van der Waals surface area (Å²) in [6.07, 6.45) is 13.4. The van der Waals surface area contributed by atoms with E-state index in [4.69, 9.17) is 14.2 Å². The van der Waals surface area contributed by atoms with Gasteiger partial charge in [0.25, 0.3) is 0 Å². The average Bonchev–Trinajstić information content (AvgIpc) is 3.13. The molecule has 0 aromatic rings. The van der Waals surface area contributed by atoms with Crippen molar-refractivity contribution in [3.05, 3.63) is 23.3 Å². The number of aliphatic hydroxyl groups is 2. The van der Waals surface area contributed by atoms with Crippen molar-refractivity contribution in [2.75, 3.05) is 6.61 Å². The molecule has 2 bridgehead atoms. The zero-order chi connectivity index (χ0) is 30.7. The molecule has 5 aliphatic rings. The van der Waals surface area contributed by atoms with Crippen LogP contribution in [0.3, 0.4) is 0 Å². The molecular formula is C35H54O7.